The van der Waals surface area contributed by atoms with Crippen LogP contribution in [0, 0.1) is 16.8 Å². The number of aromatic nitrogens is 3. The van der Waals surface area contributed by atoms with Gasteiger partial charge in [0.15, 0.2) is 6.20 Å². The maximum atomic E-state index is 14.0. The summed E-state index contributed by atoms with van der Waals surface area (Å²) in [6.45, 7) is 0. The molecule has 0 aliphatic carbocycles. The number of aryl methyl sites for hydroxylation is 1. The van der Waals surface area contributed by atoms with Crippen LogP contribution in [0.5, 0.6) is 0 Å². The fourth-order valence-corrected chi connectivity index (χ4v) is 5.68. The number of benzene rings is 2. The number of nitrogens with zero attached hydrogens (tertiary/aromatic N) is 4. The van der Waals surface area contributed by atoms with E-state index in [9.17, 15) is 18.8 Å². The highest BCUT2D eigenvalue weighted by molar-refractivity contribution is 5.98. The molecule has 1 fully saturated rings. The molecule has 1 amide bonds. The SMILES string of the molecule is Cn1nc2c(c1-c1cc(F)cc(F)c1)C[C@H]1CCC[C@@H]2N1C(=O)c1ccc2c(ccc[n+]2[O-])c1. The number of hydrogen-bond donors (Lipinski definition) is 0. The van der Waals surface area contributed by atoms with Crippen LogP contribution in [0.4, 0.5) is 8.78 Å². The van der Waals surface area contributed by atoms with Gasteiger partial charge >= 0.3 is 0 Å². The summed E-state index contributed by atoms with van der Waals surface area (Å²) in [6.07, 6.45) is 4.61. The number of pyridine rings is 1. The predicted molar refractivity (Wildman–Crippen MR) is 122 cm³/mol. The third kappa shape index (κ3) is 3.16. The highest BCUT2D eigenvalue weighted by Crippen LogP contribution is 2.45. The standard InChI is InChI=1S/C26H22F2N4O2/c1-30-25(17-11-18(27)13-19(28)12-17)21-14-20-5-2-6-23(24(21)29-30)32(20)26(33)16-7-8-22-15(10-16)4-3-9-31(22)34/h3-4,7-13,20,23H,2,5-6,14H2,1H3/t20-,23+/m1/s1. The Bertz CT molecular complexity index is 1440. The van der Waals surface area contributed by atoms with Crippen molar-refractivity contribution in [1.29, 1.82) is 0 Å². The van der Waals surface area contributed by atoms with E-state index in [1.54, 1.807) is 36.0 Å². The summed E-state index contributed by atoms with van der Waals surface area (Å²) in [7, 11) is 1.77. The van der Waals surface area contributed by atoms with Crippen molar-refractivity contribution in [3.8, 4) is 11.3 Å². The molecule has 0 radical (unpaired) electrons. The van der Waals surface area contributed by atoms with Gasteiger partial charge in [0.25, 0.3) is 5.91 Å². The molecule has 0 unspecified atom stereocenters. The lowest BCUT2D eigenvalue weighted by atomic mass is 9.81. The van der Waals surface area contributed by atoms with Crippen LogP contribution >= 0.6 is 0 Å². The maximum absolute atomic E-state index is 14.0. The second-order valence-corrected chi connectivity index (χ2v) is 9.12. The zero-order valence-electron chi connectivity index (χ0n) is 18.5. The maximum Gasteiger partial charge on any atom is 0.254 e. The van der Waals surface area contributed by atoms with Gasteiger partial charge in [-0.15, -0.1) is 0 Å². The Hall–Kier alpha value is -3.81. The third-order valence-corrected chi connectivity index (χ3v) is 7.06. The van der Waals surface area contributed by atoms with E-state index in [1.807, 2.05) is 11.0 Å². The van der Waals surface area contributed by atoms with Gasteiger partial charge < -0.3 is 10.1 Å². The van der Waals surface area contributed by atoms with Gasteiger partial charge in [0, 0.05) is 53.4 Å². The summed E-state index contributed by atoms with van der Waals surface area (Å²) < 4.78 is 30.4. The molecule has 0 N–H and O–H groups in total. The molecule has 2 atom stereocenters. The fraction of sp³-hybridized carbons (Fsp3) is 0.269. The van der Waals surface area contributed by atoms with Crippen molar-refractivity contribution in [2.24, 2.45) is 7.05 Å². The number of piperidine rings is 1. The minimum Gasteiger partial charge on any atom is -0.618 e. The van der Waals surface area contributed by atoms with Crippen LogP contribution in [0.15, 0.2) is 54.7 Å². The molecule has 2 aromatic carbocycles. The molecular formula is C26H22F2N4O2. The van der Waals surface area contributed by atoms with Gasteiger partial charge in [-0.2, -0.15) is 9.83 Å². The van der Waals surface area contributed by atoms with Crippen molar-refractivity contribution < 1.29 is 18.3 Å². The number of carbonyl (C=O) groups excluding carboxylic acids is 1. The molecule has 2 aliphatic heterocycles. The molecule has 34 heavy (non-hydrogen) atoms. The van der Waals surface area contributed by atoms with Gasteiger partial charge in [0.05, 0.1) is 17.4 Å². The van der Waals surface area contributed by atoms with Crippen LogP contribution in [0.1, 0.15) is 46.9 Å². The average Bonchev–Trinajstić information content (AvgIpc) is 3.13. The van der Waals surface area contributed by atoms with Crippen LogP contribution in [0.3, 0.4) is 0 Å². The van der Waals surface area contributed by atoms with E-state index in [0.29, 0.717) is 34.1 Å². The van der Waals surface area contributed by atoms with E-state index in [2.05, 4.69) is 0 Å². The molecule has 0 spiro atoms. The summed E-state index contributed by atoms with van der Waals surface area (Å²) in [5, 5.41) is 17.5. The van der Waals surface area contributed by atoms with Crippen LogP contribution in [0.2, 0.25) is 0 Å². The van der Waals surface area contributed by atoms with Gasteiger partial charge in [0.2, 0.25) is 5.52 Å². The number of carbonyl (C=O) groups is 1. The second kappa shape index (κ2) is 7.62. The Morgan fingerprint density at radius 1 is 1.12 bits per heavy atom. The summed E-state index contributed by atoms with van der Waals surface area (Å²) in [6, 6.07) is 11.9. The van der Waals surface area contributed by atoms with E-state index < -0.39 is 11.6 Å². The summed E-state index contributed by atoms with van der Waals surface area (Å²) in [5.74, 6) is -1.35. The molecule has 6 rings (SSSR count). The second-order valence-electron chi connectivity index (χ2n) is 9.12. The topological polar surface area (TPSA) is 65.1 Å². The van der Waals surface area contributed by atoms with E-state index in [4.69, 9.17) is 5.10 Å². The summed E-state index contributed by atoms with van der Waals surface area (Å²) >= 11 is 0. The molecule has 172 valence electrons. The first-order valence-electron chi connectivity index (χ1n) is 11.4. The highest BCUT2D eigenvalue weighted by Gasteiger charge is 2.43. The fourth-order valence-electron chi connectivity index (χ4n) is 5.68. The molecule has 2 aliphatic rings. The molecule has 2 bridgehead atoms. The molecule has 6 nitrogen and oxygen atoms in total. The summed E-state index contributed by atoms with van der Waals surface area (Å²) in [5.41, 5.74) is 3.94. The van der Waals surface area contributed by atoms with Gasteiger partial charge in [0.1, 0.15) is 11.6 Å². The Morgan fingerprint density at radius 2 is 1.91 bits per heavy atom. The largest absolute Gasteiger partial charge is 0.618 e. The first kappa shape index (κ1) is 20.8. The number of rotatable bonds is 2. The third-order valence-electron chi connectivity index (χ3n) is 7.06. The smallest absolute Gasteiger partial charge is 0.254 e. The normalized spacial score (nSPS) is 19.3. The molecular weight excluding hydrogens is 438 g/mol. The number of halogens is 2. The molecule has 0 saturated carbocycles. The van der Waals surface area contributed by atoms with Gasteiger partial charge in [-0.25, -0.2) is 8.78 Å². The van der Waals surface area contributed by atoms with Crippen LogP contribution in [-0.2, 0) is 13.5 Å². The molecule has 4 aromatic rings. The molecule has 2 aromatic heterocycles. The molecule has 1 saturated heterocycles. The Labute approximate surface area is 194 Å². The minimum atomic E-state index is -0.631. The van der Waals surface area contributed by atoms with Gasteiger partial charge in [-0.1, -0.05) is 0 Å². The van der Waals surface area contributed by atoms with Gasteiger partial charge in [-0.3, -0.25) is 9.48 Å². The molecule has 4 heterocycles. The van der Waals surface area contributed by atoms with E-state index in [-0.39, 0.29) is 18.0 Å². The van der Waals surface area contributed by atoms with E-state index >= 15 is 0 Å². The molecule has 8 heteroatoms. The zero-order valence-corrected chi connectivity index (χ0v) is 18.5. The van der Waals surface area contributed by atoms with Crippen molar-refractivity contribution in [2.45, 2.75) is 37.8 Å². The lowest BCUT2D eigenvalue weighted by Gasteiger charge is -2.45. The van der Waals surface area contributed by atoms with Crippen molar-refractivity contribution in [2.75, 3.05) is 0 Å². The van der Waals surface area contributed by atoms with Crippen LogP contribution in [-0.4, -0.2) is 26.6 Å². The first-order valence-corrected chi connectivity index (χ1v) is 11.4. The highest BCUT2D eigenvalue weighted by atomic mass is 19.1. The lowest BCUT2D eigenvalue weighted by molar-refractivity contribution is -0.577. The number of amides is 1. The zero-order chi connectivity index (χ0) is 23.6. The predicted octanol–water partition coefficient (Wildman–Crippen LogP) is 4.44. The van der Waals surface area contributed by atoms with Crippen LogP contribution in [0.25, 0.3) is 22.2 Å². The Morgan fingerprint density at radius 3 is 2.71 bits per heavy atom. The van der Waals surface area contributed by atoms with Gasteiger partial charge in [-0.05, 0) is 56.0 Å². The van der Waals surface area contributed by atoms with Crippen molar-refractivity contribution in [3.63, 3.8) is 0 Å². The minimum absolute atomic E-state index is 0.0315. The summed E-state index contributed by atoms with van der Waals surface area (Å²) in [4.78, 5) is 15.6. The van der Waals surface area contributed by atoms with E-state index in [1.165, 1.54) is 18.3 Å². The first-order chi connectivity index (χ1) is 16.4. The average molecular weight is 460 g/mol. The quantitative estimate of drug-likeness (QED) is 0.328. The van der Waals surface area contributed by atoms with Crippen molar-refractivity contribution >= 4 is 16.8 Å². The van der Waals surface area contributed by atoms with Crippen molar-refractivity contribution in [1.82, 2.24) is 14.7 Å². The number of fused-ring (bicyclic) bond motifs is 5. The van der Waals surface area contributed by atoms with Crippen LogP contribution < -0.4 is 4.73 Å². The Kier molecular flexibility index (Phi) is 4.65. The van der Waals surface area contributed by atoms with Crippen molar-refractivity contribution in [3.05, 3.63) is 88.4 Å². The number of hydrogen-bond acceptors (Lipinski definition) is 3. The monoisotopic (exact) mass is 460 g/mol. The lowest BCUT2D eigenvalue weighted by Crippen LogP contribution is -2.49. The van der Waals surface area contributed by atoms with E-state index in [0.717, 1.165) is 41.3 Å². The Balaban J connectivity index is 1.42.